The third-order valence-corrected chi connectivity index (χ3v) is 5.20. The van der Waals surface area contributed by atoms with E-state index in [1.807, 2.05) is 9.80 Å². The molecule has 1 aliphatic rings. The van der Waals surface area contributed by atoms with Crippen LogP contribution in [0.2, 0.25) is 0 Å². The van der Waals surface area contributed by atoms with E-state index in [4.69, 9.17) is 0 Å². The molecule has 5 nitrogen and oxygen atoms in total. The van der Waals surface area contributed by atoms with Crippen molar-refractivity contribution in [3.63, 3.8) is 0 Å². The summed E-state index contributed by atoms with van der Waals surface area (Å²) in [5.74, 6) is 0.151. The van der Waals surface area contributed by atoms with Gasteiger partial charge in [-0.05, 0) is 54.9 Å². The number of nitrogens with one attached hydrogen (secondary N) is 1. The smallest absolute Gasteiger partial charge is 0.317 e. The molecule has 1 heterocycles. The minimum Gasteiger partial charge on any atom is -0.341 e. The Labute approximate surface area is 164 Å². The highest BCUT2D eigenvalue weighted by molar-refractivity contribution is 5.79. The molecule has 150 valence electrons. The zero-order chi connectivity index (χ0) is 20.2. The van der Waals surface area contributed by atoms with Crippen LogP contribution in [0.1, 0.15) is 49.4 Å². The van der Waals surface area contributed by atoms with Crippen molar-refractivity contribution in [1.29, 1.82) is 0 Å². The van der Waals surface area contributed by atoms with E-state index >= 15 is 0 Å². The van der Waals surface area contributed by atoms with Crippen molar-refractivity contribution in [2.45, 2.75) is 54.4 Å². The fraction of sp³-hybridized carbons (Fsp3) is 0.636. The summed E-state index contributed by atoms with van der Waals surface area (Å²) in [6.07, 6.45) is 1.25. The highest BCUT2D eigenvalue weighted by atomic mass is 16.2. The van der Waals surface area contributed by atoms with Crippen molar-refractivity contribution >= 4 is 11.9 Å². The van der Waals surface area contributed by atoms with Gasteiger partial charge in [-0.3, -0.25) is 4.79 Å². The zero-order valence-corrected chi connectivity index (χ0v) is 17.8. The van der Waals surface area contributed by atoms with Gasteiger partial charge in [0, 0.05) is 32.7 Å². The number of carbonyl (C=O) groups excluding carboxylic acids is 2. The molecule has 2 rings (SSSR count). The monoisotopic (exact) mass is 373 g/mol. The number of carbonyl (C=O) groups is 2. The minimum atomic E-state index is -0.0239. The Kier molecular flexibility index (Phi) is 6.90. The Bertz CT molecular complexity index is 692. The summed E-state index contributed by atoms with van der Waals surface area (Å²) in [6, 6.07) is 4.26. The lowest BCUT2D eigenvalue weighted by molar-refractivity contribution is -0.130. The van der Waals surface area contributed by atoms with Gasteiger partial charge in [-0.1, -0.05) is 32.9 Å². The van der Waals surface area contributed by atoms with E-state index in [1.165, 1.54) is 16.7 Å². The predicted octanol–water partition coefficient (Wildman–Crippen LogP) is 3.44. The number of hydrogen-bond donors (Lipinski definition) is 1. The van der Waals surface area contributed by atoms with Gasteiger partial charge in [-0.25, -0.2) is 4.79 Å². The maximum Gasteiger partial charge on any atom is 0.317 e. The first-order chi connectivity index (χ1) is 12.6. The Hall–Kier alpha value is -2.04. The lowest BCUT2D eigenvalue weighted by Gasteiger charge is -2.25. The minimum absolute atomic E-state index is 0.0239. The van der Waals surface area contributed by atoms with Crippen LogP contribution in [0.4, 0.5) is 4.79 Å². The third kappa shape index (κ3) is 6.26. The molecule has 0 atom stereocenters. The maximum absolute atomic E-state index is 12.8. The Morgan fingerprint density at radius 1 is 0.926 bits per heavy atom. The summed E-state index contributed by atoms with van der Waals surface area (Å²) >= 11 is 0. The van der Waals surface area contributed by atoms with Crippen molar-refractivity contribution in [2.75, 3.05) is 32.7 Å². The summed E-state index contributed by atoms with van der Waals surface area (Å²) in [5, 5.41) is 3.01. The summed E-state index contributed by atoms with van der Waals surface area (Å²) in [6.45, 7) is 15.8. The molecule has 0 saturated carbocycles. The van der Waals surface area contributed by atoms with E-state index in [9.17, 15) is 9.59 Å². The molecule has 0 spiro atoms. The van der Waals surface area contributed by atoms with Gasteiger partial charge in [0.2, 0.25) is 5.91 Å². The van der Waals surface area contributed by atoms with Crippen LogP contribution in [0, 0.1) is 26.2 Å². The summed E-state index contributed by atoms with van der Waals surface area (Å²) in [5.41, 5.74) is 4.82. The summed E-state index contributed by atoms with van der Waals surface area (Å²) in [4.78, 5) is 28.9. The van der Waals surface area contributed by atoms with Gasteiger partial charge in [-0.2, -0.15) is 0 Å². The molecule has 0 aliphatic carbocycles. The van der Waals surface area contributed by atoms with E-state index in [1.54, 1.807) is 0 Å². The molecule has 3 amide bonds. The number of nitrogens with zero attached hydrogens (tertiary/aromatic N) is 2. The second-order valence-corrected chi connectivity index (χ2v) is 8.98. The molecule has 0 radical (unpaired) electrons. The molecule has 1 aliphatic heterocycles. The van der Waals surface area contributed by atoms with E-state index in [0.29, 0.717) is 39.1 Å². The maximum atomic E-state index is 12.8. The number of amides is 3. The lowest BCUT2D eigenvalue weighted by Crippen LogP contribution is -2.45. The molecule has 5 heteroatoms. The molecular formula is C22H35N3O2. The van der Waals surface area contributed by atoms with Gasteiger partial charge < -0.3 is 15.1 Å². The molecule has 0 bridgehead atoms. The number of benzene rings is 1. The van der Waals surface area contributed by atoms with Crippen LogP contribution in [0.3, 0.4) is 0 Å². The van der Waals surface area contributed by atoms with E-state index < -0.39 is 0 Å². The average Bonchev–Trinajstić information content (AvgIpc) is 2.83. The average molecular weight is 374 g/mol. The summed E-state index contributed by atoms with van der Waals surface area (Å²) in [7, 11) is 0. The van der Waals surface area contributed by atoms with Gasteiger partial charge in [0.1, 0.15) is 0 Å². The van der Waals surface area contributed by atoms with Crippen LogP contribution in [-0.2, 0) is 11.2 Å². The largest absolute Gasteiger partial charge is 0.341 e. The summed E-state index contributed by atoms with van der Waals surface area (Å²) < 4.78 is 0. The van der Waals surface area contributed by atoms with Crippen molar-refractivity contribution in [2.24, 2.45) is 5.41 Å². The SMILES string of the molecule is Cc1cc(C)c(CC(=O)N2CCCN(C(=O)NCC(C)(C)C)CC2)cc1C. The Morgan fingerprint density at radius 3 is 2.19 bits per heavy atom. The van der Waals surface area contributed by atoms with Gasteiger partial charge in [0.15, 0.2) is 0 Å². The van der Waals surface area contributed by atoms with Crippen LogP contribution >= 0.6 is 0 Å². The first-order valence-electron chi connectivity index (χ1n) is 9.94. The van der Waals surface area contributed by atoms with Crippen LogP contribution in [0.15, 0.2) is 12.1 Å². The normalized spacial score (nSPS) is 15.5. The lowest BCUT2D eigenvalue weighted by atomic mass is 9.97. The molecule has 1 aromatic carbocycles. The highest BCUT2D eigenvalue weighted by Crippen LogP contribution is 2.17. The third-order valence-electron chi connectivity index (χ3n) is 5.20. The molecule has 1 fully saturated rings. The van der Waals surface area contributed by atoms with Gasteiger partial charge in [0.05, 0.1) is 6.42 Å². The van der Waals surface area contributed by atoms with Crippen LogP contribution in [-0.4, -0.2) is 54.5 Å². The molecule has 1 saturated heterocycles. The molecule has 1 N–H and O–H groups in total. The van der Waals surface area contributed by atoms with Gasteiger partial charge in [-0.15, -0.1) is 0 Å². The van der Waals surface area contributed by atoms with E-state index in [0.717, 1.165) is 12.0 Å². The van der Waals surface area contributed by atoms with Crippen LogP contribution in [0.5, 0.6) is 0 Å². The highest BCUT2D eigenvalue weighted by Gasteiger charge is 2.23. The van der Waals surface area contributed by atoms with E-state index in [-0.39, 0.29) is 17.4 Å². The number of hydrogen-bond acceptors (Lipinski definition) is 2. The Morgan fingerprint density at radius 2 is 1.52 bits per heavy atom. The van der Waals surface area contributed by atoms with Crippen molar-refractivity contribution in [3.8, 4) is 0 Å². The van der Waals surface area contributed by atoms with Gasteiger partial charge >= 0.3 is 6.03 Å². The Balaban J connectivity index is 1.92. The van der Waals surface area contributed by atoms with Crippen molar-refractivity contribution < 1.29 is 9.59 Å². The fourth-order valence-electron chi connectivity index (χ4n) is 3.31. The van der Waals surface area contributed by atoms with Gasteiger partial charge in [0.25, 0.3) is 0 Å². The topological polar surface area (TPSA) is 52.7 Å². The van der Waals surface area contributed by atoms with Crippen molar-refractivity contribution in [1.82, 2.24) is 15.1 Å². The fourth-order valence-corrected chi connectivity index (χ4v) is 3.31. The zero-order valence-electron chi connectivity index (χ0n) is 17.8. The van der Waals surface area contributed by atoms with Crippen LogP contribution < -0.4 is 5.32 Å². The van der Waals surface area contributed by atoms with Crippen LogP contribution in [0.25, 0.3) is 0 Å². The van der Waals surface area contributed by atoms with E-state index in [2.05, 4.69) is 59.0 Å². The number of rotatable bonds is 3. The molecule has 1 aromatic rings. The first kappa shape index (κ1) is 21.3. The molecular weight excluding hydrogens is 338 g/mol. The first-order valence-corrected chi connectivity index (χ1v) is 9.94. The second-order valence-electron chi connectivity index (χ2n) is 8.98. The molecule has 27 heavy (non-hydrogen) atoms. The van der Waals surface area contributed by atoms with Crippen molar-refractivity contribution in [3.05, 3.63) is 34.4 Å². The number of urea groups is 1. The predicted molar refractivity (Wildman–Crippen MR) is 110 cm³/mol. The quantitative estimate of drug-likeness (QED) is 0.882. The standard InChI is InChI=1S/C22H35N3O2/c1-16-12-18(3)19(13-17(16)2)14-20(26)24-8-7-9-25(11-10-24)21(27)23-15-22(4,5)6/h12-13H,7-11,14-15H2,1-6H3,(H,23,27). The number of aryl methyl sites for hydroxylation is 3. The second kappa shape index (κ2) is 8.77. The molecule has 0 aromatic heterocycles. The molecule has 0 unspecified atom stereocenters.